The normalized spacial score (nSPS) is 22.8. The maximum absolute atomic E-state index is 13.7. The summed E-state index contributed by atoms with van der Waals surface area (Å²) in [5, 5.41) is 6.45. The van der Waals surface area contributed by atoms with Gasteiger partial charge >= 0.3 is 6.61 Å². The van der Waals surface area contributed by atoms with Gasteiger partial charge in [0.2, 0.25) is 5.91 Å². The Morgan fingerprint density at radius 1 is 1.39 bits per heavy atom. The van der Waals surface area contributed by atoms with E-state index < -0.39 is 18.2 Å². The number of hydrogen-bond donors (Lipinski definition) is 2. The van der Waals surface area contributed by atoms with Gasteiger partial charge in [0.15, 0.2) is 11.6 Å². The standard InChI is InChI=1S/C16H19F3N2O2/c17-11-8-10(2-3-12(11)23-15(18)19)9-20-13-4-5-14(22)21-16(13)6-1-7-16/h2-3,8,13,15,20H,1,4-7,9H2,(H,21,22). The Morgan fingerprint density at radius 3 is 2.78 bits per heavy atom. The number of amides is 1. The molecular formula is C16H19F3N2O2. The molecule has 1 amide bonds. The first-order valence-electron chi connectivity index (χ1n) is 7.76. The van der Waals surface area contributed by atoms with E-state index in [9.17, 15) is 18.0 Å². The third-order valence-electron chi connectivity index (χ3n) is 4.73. The van der Waals surface area contributed by atoms with Crippen molar-refractivity contribution in [2.45, 2.75) is 56.8 Å². The van der Waals surface area contributed by atoms with Gasteiger partial charge in [-0.2, -0.15) is 8.78 Å². The molecule has 1 aliphatic carbocycles. The second-order valence-corrected chi connectivity index (χ2v) is 6.17. The highest BCUT2D eigenvalue weighted by Crippen LogP contribution is 2.39. The van der Waals surface area contributed by atoms with E-state index >= 15 is 0 Å². The van der Waals surface area contributed by atoms with E-state index in [0.29, 0.717) is 18.5 Å². The van der Waals surface area contributed by atoms with Crippen LogP contribution in [-0.2, 0) is 11.3 Å². The van der Waals surface area contributed by atoms with Crippen molar-refractivity contribution >= 4 is 5.91 Å². The minimum Gasteiger partial charge on any atom is -0.432 e. The molecule has 1 aliphatic heterocycles. The first-order valence-corrected chi connectivity index (χ1v) is 7.76. The van der Waals surface area contributed by atoms with Crippen LogP contribution in [0.5, 0.6) is 5.75 Å². The van der Waals surface area contributed by atoms with E-state index in [0.717, 1.165) is 25.7 Å². The molecule has 4 nitrogen and oxygen atoms in total. The maximum Gasteiger partial charge on any atom is 0.387 e. The molecule has 23 heavy (non-hydrogen) atoms. The monoisotopic (exact) mass is 328 g/mol. The molecule has 1 spiro atoms. The summed E-state index contributed by atoms with van der Waals surface area (Å²) in [6.07, 6.45) is 4.22. The Bertz CT molecular complexity index is 591. The van der Waals surface area contributed by atoms with E-state index in [2.05, 4.69) is 15.4 Å². The first-order chi connectivity index (χ1) is 11.0. The summed E-state index contributed by atoms with van der Waals surface area (Å²) in [4.78, 5) is 11.6. The number of carbonyl (C=O) groups is 1. The summed E-state index contributed by atoms with van der Waals surface area (Å²) in [6, 6.07) is 4.11. The third kappa shape index (κ3) is 3.44. The van der Waals surface area contributed by atoms with E-state index in [1.807, 2.05) is 0 Å². The molecule has 1 unspecified atom stereocenters. The van der Waals surface area contributed by atoms with Crippen LogP contribution in [0, 0.1) is 5.82 Å². The second-order valence-electron chi connectivity index (χ2n) is 6.17. The predicted molar refractivity (Wildman–Crippen MR) is 77.6 cm³/mol. The number of piperidine rings is 1. The van der Waals surface area contributed by atoms with Crippen molar-refractivity contribution in [2.24, 2.45) is 0 Å². The lowest BCUT2D eigenvalue weighted by atomic mass is 9.68. The Kier molecular flexibility index (Phi) is 4.48. The number of halogens is 3. The first kappa shape index (κ1) is 16.1. The van der Waals surface area contributed by atoms with E-state index in [-0.39, 0.29) is 17.5 Å². The summed E-state index contributed by atoms with van der Waals surface area (Å²) < 4.78 is 42.0. The minimum absolute atomic E-state index is 0.0855. The fraction of sp³-hybridized carbons (Fsp3) is 0.562. The lowest BCUT2D eigenvalue weighted by Crippen LogP contribution is -2.67. The van der Waals surface area contributed by atoms with Crippen LogP contribution in [0.1, 0.15) is 37.7 Å². The number of nitrogens with one attached hydrogen (secondary N) is 2. The van der Waals surface area contributed by atoms with Crippen molar-refractivity contribution in [3.8, 4) is 5.75 Å². The molecule has 1 saturated carbocycles. The average Bonchev–Trinajstić information content (AvgIpc) is 2.46. The molecule has 7 heteroatoms. The lowest BCUT2D eigenvalue weighted by Gasteiger charge is -2.51. The van der Waals surface area contributed by atoms with Crippen LogP contribution in [-0.4, -0.2) is 24.1 Å². The van der Waals surface area contributed by atoms with E-state index in [1.54, 1.807) is 6.07 Å². The van der Waals surface area contributed by atoms with Crippen molar-refractivity contribution < 1.29 is 22.7 Å². The van der Waals surface area contributed by atoms with Crippen LogP contribution in [0.4, 0.5) is 13.2 Å². The highest BCUT2D eigenvalue weighted by molar-refractivity contribution is 5.78. The number of benzene rings is 1. The summed E-state index contributed by atoms with van der Waals surface area (Å²) in [6.45, 7) is -2.63. The molecule has 1 aromatic carbocycles. The summed E-state index contributed by atoms with van der Waals surface area (Å²) in [5.74, 6) is -1.17. The van der Waals surface area contributed by atoms with Crippen LogP contribution < -0.4 is 15.4 Å². The topological polar surface area (TPSA) is 50.4 Å². The number of hydrogen-bond acceptors (Lipinski definition) is 3. The van der Waals surface area contributed by atoms with Crippen LogP contribution in [0.15, 0.2) is 18.2 Å². The van der Waals surface area contributed by atoms with Gasteiger partial charge in [-0.1, -0.05) is 6.07 Å². The summed E-state index contributed by atoms with van der Waals surface area (Å²) >= 11 is 0. The van der Waals surface area contributed by atoms with Crippen molar-refractivity contribution in [1.29, 1.82) is 0 Å². The molecule has 126 valence electrons. The fourth-order valence-corrected chi connectivity index (χ4v) is 3.39. The van der Waals surface area contributed by atoms with Gasteiger partial charge in [-0.15, -0.1) is 0 Å². The van der Waals surface area contributed by atoms with Gasteiger partial charge in [-0.3, -0.25) is 4.79 Å². The molecule has 1 aromatic rings. The van der Waals surface area contributed by atoms with Gasteiger partial charge in [0.05, 0.1) is 5.54 Å². The summed E-state index contributed by atoms with van der Waals surface area (Å²) in [5.41, 5.74) is 0.475. The highest BCUT2D eigenvalue weighted by Gasteiger charge is 2.47. The molecule has 2 fully saturated rings. The second kappa shape index (κ2) is 6.39. The highest BCUT2D eigenvalue weighted by atomic mass is 19.3. The smallest absolute Gasteiger partial charge is 0.387 e. The Hall–Kier alpha value is -1.76. The third-order valence-corrected chi connectivity index (χ3v) is 4.73. The SMILES string of the molecule is O=C1CCC(NCc2ccc(OC(F)F)c(F)c2)C2(CCC2)N1. The molecule has 2 N–H and O–H groups in total. The quantitative estimate of drug-likeness (QED) is 0.874. The average molecular weight is 328 g/mol. The summed E-state index contributed by atoms with van der Waals surface area (Å²) in [7, 11) is 0. The predicted octanol–water partition coefficient (Wildman–Crippen LogP) is 2.72. The minimum atomic E-state index is -3.04. The van der Waals surface area contributed by atoms with Gasteiger partial charge in [-0.25, -0.2) is 4.39 Å². The van der Waals surface area contributed by atoms with Gasteiger partial charge in [0.25, 0.3) is 0 Å². The van der Waals surface area contributed by atoms with Gasteiger partial charge < -0.3 is 15.4 Å². The van der Waals surface area contributed by atoms with Crippen LogP contribution in [0.25, 0.3) is 0 Å². The zero-order valence-corrected chi connectivity index (χ0v) is 12.6. The molecular weight excluding hydrogens is 309 g/mol. The number of ether oxygens (including phenoxy) is 1. The molecule has 1 heterocycles. The van der Waals surface area contributed by atoms with Crippen LogP contribution in [0.3, 0.4) is 0 Å². The molecule has 0 bridgehead atoms. The van der Waals surface area contributed by atoms with Crippen LogP contribution in [0.2, 0.25) is 0 Å². The maximum atomic E-state index is 13.7. The Labute approximate surface area is 132 Å². The van der Waals surface area contributed by atoms with Crippen molar-refractivity contribution in [1.82, 2.24) is 10.6 Å². The molecule has 1 atom stereocenters. The van der Waals surface area contributed by atoms with Crippen molar-refractivity contribution in [3.63, 3.8) is 0 Å². The van der Waals surface area contributed by atoms with Gasteiger partial charge in [0, 0.05) is 19.0 Å². The molecule has 0 radical (unpaired) electrons. The largest absolute Gasteiger partial charge is 0.432 e. The van der Waals surface area contributed by atoms with Gasteiger partial charge in [-0.05, 0) is 43.4 Å². The lowest BCUT2D eigenvalue weighted by molar-refractivity contribution is -0.128. The van der Waals surface area contributed by atoms with E-state index in [4.69, 9.17) is 0 Å². The fourth-order valence-electron chi connectivity index (χ4n) is 3.39. The number of rotatable bonds is 5. The zero-order valence-electron chi connectivity index (χ0n) is 12.6. The van der Waals surface area contributed by atoms with E-state index in [1.165, 1.54) is 12.1 Å². The Morgan fingerprint density at radius 2 is 2.17 bits per heavy atom. The molecule has 0 aromatic heterocycles. The number of alkyl halides is 2. The molecule has 1 saturated heterocycles. The zero-order chi connectivity index (χ0) is 16.4. The molecule has 2 aliphatic rings. The number of carbonyl (C=O) groups excluding carboxylic acids is 1. The van der Waals surface area contributed by atoms with Crippen molar-refractivity contribution in [3.05, 3.63) is 29.6 Å². The van der Waals surface area contributed by atoms with Gasteiger partial charge in [0.1, 0.15) is 0 Å². The van der Waals surface area contributed by atoms with Crippen LogP contribution >= 0.6 is 0 Å². The van der Waals surface area contributed by atoms with Crippen molar-refractivity contribution in [2.75, 3.05) is 0 Å². The Balaban J connectivity index is 1.61. The molecule has 3 rings (SSSR count).